The molecule has 7 nitrogen and oxygen atoms in total. The molecule has 9 heteroatoms. The minimum absolute atomic E-state index is 0.271. The Hall–Kier alpha value is -3.16. The van der Waals surface area contributed by atoms with Crippen molar-refractivity contribution in [1.82, 2.24) is 24.5 Å². The number of benzene rings is 2. The Kier molecular flexibility index (Phi) is 5.33. The van der Waals surface area contributed by atoms with E-state index in [2.05, 4.69) is 20.5 Å². The zero-order chi connectivity index (χ0) is 20.4. The lowest BCUT2D eigenvalue weighted by Crippen LogP contribution is -2.15. The highest BCUT2D eigenvalue weighted by atomic mass is 35.5. The number of rotatable bonds is 5. The minimum atomic E-state index is -0.379. The zero-order valence-corrected chi connectivity index (χ0v) is 16.9. The second kappa shape index (κ2) is 8.06. The predicted molar refractivity (Wildman–Crippen MR) is 112 cm³/mol. The van der Waals surface area contributed by atoms with E-state index >= 15 is 0 Å². The van der Waals surface area contributed by atoms with Gasteiger partial charge in [-0.05, 0) is 30.7 Å². The van der Waals surface area contributed by atoms with Gasteiger partial charge in [-0.15, -0.1) is 0 Å². The van der Waals surface area contributed by atoms with E-state index < -0.39 is 0 Å². The minimum Gasteiger partial charge on any atom is -0.320 e. The van der Waals surface area contributed by atoms with Crippen LogP contribution in [0.2, 0.25) is 10.2 Å². The van der Waals surface area contributed by atoms with Crippen molar-refractivity contribution in [2.24, 2.45) is 0 Å². The number of nitrogens with zero attached hydrogens (tertiary/aromatic N) is 5. The molecule has 1 amide bonds. The smallest absolute Gasteiger partial charge is 0.260 e. The van der Waals surface area contributed by atoms with Gasteiger partial charge in [0.25, 0.3) is 5.91 Å². The second-order valence-corrected chi connectivity index (χ2v) is 7.14. The summed E-state index contributed by atoms with van der Waals surface area (Å²) in [6.07, 6.45) is 2.95. The highest BCUT2D eigenvalue weighted by Gasteiger charge is 2.22. The summed E-state index contributed by atoms with van der Waals surface area (Å²) in [5.41, 5.74) is 3.00. The Morgan fingerprint density at radius 2 is 1.93 bits per heavy atom. The van der Waals surface area contributed by atoms with Gasteiger partial charge >= 0.3 is 0 Å². The first-order valence-electron chi connectivity index (χ1n) is 8.75. The lowest BCUT2D eigenvalue weighted by Gasteiger charge is -2.11. The maximum absolute atomic E-state index is 13.0. The van der Waals surface area contributed by atoms with E-state index in [0.29, 0.717) is 34.2 Å². The average molecular weight is 427 g/mol. The number of hydrogen-bond donors (Lipinski definition) is 1. The van der Waals surface area contributed by atoms with Crippen LogP contribution in [0.25, 0.3) is 5.69 Å². The highest BCUT2D eigenvalue weighted by molar-refractivity contribution is 6.34. The van der Waals surface area contributed by atoms with Gasteiger partial charge in [0.05, 0.1) is 29.2 Å². The number of hydrogen-bond acceptors (Lipinski definition) is 4. The molecule has 2 heterocycles. The van der Waals surface area contributed by atoms with Crippen LogP contribution in [0.5, 0.6) is 0 Å². The Bertz CT molecular complexity index is 1160. The van der Waals surface area contributed by atoms with Crippen LogP contribution in [0.1, 0.15) is 21.6 Å². The molecule has 4 aromatic rings. The maximum Gasteiger partial charge on any atom is 0.260 e. The molecule has 0 aliphatic carbocycles. The second-order valence-electron chi connectivity index (χ2n) is 6.35. The summed E-state index contributed by atoms with van der Waals surface area (Å²) in [5, 5.41) is 12.2. The summed E-state index contributed by atoms with van der Waals surface area (Å²) in [4.78, 5) is 17.0. The molecule has 4 rings (SSSR count). The highest BCUT2D eigenvalue weighted by Crippen LogP contribution is 2.27. The molecule has 0 bridgehead atoms. The third-order valence-corrected chi connectivity index (χ3v) is 4.96. The Morgan fingerprint density at radius 3 is 2.66 bits per heavy atom. The molecule has 0 spiro atoms. The molecule has 2 aromatic heterocycles. The zero-order valence-electron chi connectivity index (χ0n) is 15.4. The number of halogens is 2. The molecule has 0 fully saturated rings. The quantitative estimate of drug-likeness (QED) is 0.513. The van der Waals surface area contributed by atoms with Crippen molar-refractivity contribution >= 4 is 34.8 Å². The SMILES string of the molecule is Cc1nn(Cc2ccccc2)c(Cl)c1C(=O)Nc1cc(Cl)ccc1-n1cncn1. The van der Waals surface area contributed by atoms with Gasteiger partial charge in [-0.1, -0.05) is 53.5 Å². The van der Waals surface area contributed by atoms with Crippen LogP contribution in [0, 0.1) is 6.92 Å². The number of anilines is 1. The lowest BCUT2D eigenvalue weighted by molar-refractivity contribution is 0.102. The molecule has 0 radical (unpaired) electrons. The number of carbonyl (C=O) groups is 1. The van der Waals surface area contributed by atoms with Crippen molar-refractivity contribution in [3.63, 3.8) is 0 Å². The largest absolute Gasteiger partial charge is 0.320 e. The van der Waals surface area contributed by atoms with Gasteiger partial charge < -0.3 is 5.32 Å². The van der Waals surface area contributed by atoms with Crippen LogP contribution < -0.4 is 5.32 Å². The summed E-state index contributed by atoms with van der Waals surface area (Å²) in [5.74, 6) is -0.379. The Labute approximate surface area is 176 Å². The average Bonchev–Trinajstić information content (AvgIpc) is 3.31. The van der Waals surface area contributed by atoms with Crippen molar-refractivity contribution in [2.75, 3.05) is 5.32 Å². The monoisotopic (exact) mass is 426 g/mol. The van der Waals surface area contributed by atoms with E-state index in [4.69, 9.17) is 23.2 Å². The summed E-state index contributed by atoms with van der Waals surface area (Å²) in [6, 6.07) is 14.9. The first-order chi connectivity index (χ1) is 14.0. The number of amides is 1. The topological polar surface area (TPSA) is 77.6 Å². The van der Waals surface area contributed by atoms with Gasteiger partial charge in [0, 0.05) is 5.02 Å². The van der Waals surface area contributed by atoms with Crippen LogP contribution in [0.3, 0.4) is 0 Å². The molecular weight excluding hydrogens is 411 g/mol. The molecule has 0 atom stereocenters. The number of carbonyl (C=O) groups excluding carboxylic acids is 1. The van der Waals surface area contributed by atoms with Crippen LogP contribution in [0.4, 0.5) is 5.69 Å². The summed E-state index contributed by atoms with van der Waals surface area (Å²) < 4.78 is 3.15. The molecule has 146 valence electrons. The van der Waals surface area contributed by atoms with E-state index in [1.165, 1.54) is 12.7 Å². The van der Waals surface area contributed by atoms with Crippen molar-refractivity contribution in [3.05, 3.63) is 88.2 Å². The first-order valence-corrected chi connectivity index (χ1v) is 9.51. The third kappa shape index (κ3) is 4.01. The Balaban J connectivity index is 1.64. The van der Waals surface area contributed by atoms with Gasteiger partial charge in [0.1, 0.15) is 17.8 Å². The van der Waals surface area contributed by atoms with Gasteiger partial charge in [0.15, 0.2) is 0 Å². The van der Waals surface area contributed by atoms with Crippen molar-refractivity contribution < 1.29 is 4.79 Å². The van der Waals surface area contributed by atoms with Crippen molar-refractivity contribution in [3.8, 4) is 5.69 Å². The van der Waals surface area contributed by atoms with Crippen molar-refractivity contribution in [1.29, 1.82) is 0 Å². The predicted octanol–water partition coefficient (Wildman–Crippen LogP) is 4.38. The third-order valence-electron chi connectivity index (χ3n) is 4.34. The molecule has 2 aromatic carbocycles. The van der Waals surface area contributed by atoms with E-state index in [1.807, 2.05) is 30.3 Å². The van der Waals surface area contributed by atoms with E-state index in [-0.39, 0.29) is 11.1 Å². The summed E-state index contributed by atoms with van der Waals surface area (Å²) >= 11 is 12.6. The number of aryl methyl sites for hydroxylation is 1. The fourth-order valence-corrected chi connectivity index (χ4v) is 3.49. The molecule has 0 saturated carbocycles. The van der Waals surface area contributed by atoms with Gasteiger partial charge in [-0.3, -0.25) is 4.79 Å². The van der Waals surface area contributed by atoms with Crippen LogP contribution in [-0.4, -0.2) is 30.5 Å². The molecule has 29 heavy (non-hydrogen) atoms. The van der Waals surface area contributed by atoms with Crippen LogP contribution >= 0.6 is 23.2 Å². The number of aromatic nitrogens is 5. The molecule has 0 unspecified atom stereocenters. The van der Waals surface area contributed by atoms with Crippen LogP contribution in [-0.2, 0) is 6.54 Å². The fraction of sp³-hybridized carbons (Fsp3) is 0.100. The van der Waals surface area contributed by atoms with Gasteiger partial charge in [-0.25, -0.2) is 14.3 Å². The Morgan fingerprint density at radius 1 is 1.14 bits per heavy atom. The molecule has 1 N–H and O–H groups in total. The molecular formula is C20H16Cl2N6O. The summed E-state index contributed by atoms with van der Waals surface area (Å²) in [7, 11) is 0. The van der Waals surface area contributed by atoms with Gasteiger partial charge in [0.2, 0.25) is 0 Å². The fourth-order valence-electron chi connectivity index (χ4n) is 3.00. The number of nitrogens with one attached hydrogen (secondary N) is 1. The van der Waals surface area contributed by atoms with Gasteiger partial charge in [-0.2, -0.15) is 10.2 Å². The standard InChI is InChI=1S/C20H16Cl2N6O/c1-13-18(19(22)27(26-13)10-14-5-3-2-4-6-14)20(29)25-16-9-15(21)7-8-17(16)28-12-23-11-24-28/h2-9,11-12H,10H2,1H3,(H,25,29). The lowest BCUT2D eigenvalue weighted by atomic mass is 10.2. The normalized spacial score (nSPS) is 10.9. The summed E-state index contributed by atoms with van der Waals surface area (Å²) in [6.45, 7) is 2.22. The molecule has 0 aliphatic heterocycles. The van der Waals surface area contributed by atoms with Crippen LogP contribution in [0.15, 0.2) is 61.2 Å². The van der Waals surface area contributed by atoms with E-state index in [9.17, 15) is 4.79 Å². The van der Waals surface area contributed by atoms with E-state index in [1.54, 1.807) is 34.5 Å². The van der Waals surface area contributed by atoms with E-state index in [0.717, 1.165) is 5.56 Å². The first kappa shape index (κ1) is 19.2. The van der Waals surface area contributed by atoms with Crippen molar-refractivity contribution in [2.45, 2.75) is 13.5 Å². The molecule has 0 aliphatic rings. The molecule has 0 saturated heterocycles. The maximum atomic E-state index is 13.0.